The molecule has 0 heterocycles. The van der Waals surface area contributed by atoms with Gasteiger partial charge in [0.25, 0.3) is 0 Å². The average Bonchev–Trinajstić information content (AvgIpc) is 2.46. The Morgan fingerprint density at radius 3 is 1.65 bits per heavy atom. The van der Waals surface area contributed by atoms with Crippen LogP contribution in [0, 0.1) is 0 Å². The minimum absolute atomic E-state index is 0. The predicted molar refractivity (Wildman–Crippen MR) is 78.8 cm³/mol. The average molecular weight is 420 g/mol. The summed E-state index contributed by atoms with van der Waals surface area (Å²) in [5, 5.41) is 3.06. The first-order chi connectivity index (χ1) is 8.92. The second kappa shape index (κ2) is 11.7. The fraction of sp³-hybridized carbons (Fsp3) is 0.250. The molecule has 0 aliphatic heterocycles. The van der Waals surface area contributed by atoms with Crippen LogP contribution in [0.3, 0.4) is 0 Å². The van der Waals surface area contributed by atoms with E-state index in [-0.39, 0.29) is 30.9 Å². The van der Waals surface area contributed by atoms with Crippen LogP contribution in [-0.4, -0.2) is 0 Å². The molecule has 2 aromatic rings. The molecule has 0 amide bonds. The summed E-state index contributed by atoms with van der Waals surface area (Å²) in [4.78, 5) is 1.39. The number of hydrogen-bond acceptors (Lipinski definition) is 0. The van der Waals surface area contributed by atoms with Gasteiger partial charge in [0.05, 0.1) is 0 Å². The molecule has 0 atom stereocenters. The van der Waals surface area contributed by atoms with Crippen molar-refractivity contribution in [1.82, 2.24) is 0 Å². The maximum Gasteiger partial charge on any atom is -1.00 e. The molecule has 0 unspecified atom stereocenters. The van der Waals surface area contributed by atoms with Gasteiger partial charge in [-0.1, -0.05) is 0 Å². The van der Waals surface area contributed by atoms with Crippen LogP contribution < -0.4 is 35.4 Å². The molecular weight excluding hydrogens is 400 g/mol. The fourth-order valence-electron chi connectivity index (χ4n) is 1.60. The Kier molecular flexibility index (Phi) is 11.8. The van der Waals surface area contributed by atoms with Gasteiger partial charge < -0.3 is 24.8 Å². The van der Waals surface area contributed by atoms with E-state index in [0.717, 1.165) is 17.5 Å². The van der Waals surface area contributed by atoms with E-state index < -0.39 is 0 Å². The Morgan fingerprint density at radius 2 is 1.25 bits per heavy atom. The van der Waals surface area contributed by atoms with Gasteiger partial charge in [0.1, 0.15) is 0 Å². The summed E-state index contributed by atoms with van der Waals surface area (Å²) in [5.74, 6) is 0. The quantitative estimate of drug-likeness (QED) is 0.299. The summed E-state index contributed by atoms with van der Waals surface area (Å²) in [6.45, 7) is 2.28. The largest absolute Gasteiger partial charge is 1.00 e. The van der Waals surface area contributed by atoms with E-state index in [1.165, 1.54) is 28.3 Å². The van der Waals surface area contributed by atoms with E-state index in [9.17, 15) is 0 Å². The second-order valence-electron chi connectivity index (χ2n) is 4.04. The monoisotopic (exact) mass is 418 g/mol. The number of hydrogen-bond donors (Lipinski definition) is 0. The fourth-order valence-corrected chi connectivity index (χ4v) is 8.62. The minimum atomic E-state index is -0.112. The third-order valence-corrected chi connectivity index (χ3v) is 9.83. The molecule has 112 valence electrons. The molecule has 0 bridgehead atoms. The summed E-state index contributed by atoms with van der Waals surface area (Å²) in [7, 11) is 0. The number of benzene rings is 2. The Labute approximate surface area is 144 Å². The van der Waals surface area contributed by atoms with Gasteiger partial charge >= 0.3 is 120 Å². The first kappa shape index (κ1) is 20.1. The third kappa shape index (κ3) is 6.26. The van der Waals surface area contributed by atoms with Gasteiger partial charge in [-0.25, -0.2) is 0 Å². The van der Waals surface area contributed by atoms with E-state index in [4.69, 9.17) is 0 Å². The van der Waals surface area contributed by atoms with Crippen molar-refractivity contribution in [2.75, 3.05) is 0 Å². The predicted octanol–water partition coefficient (Wildman–Crippen LogP) is -1.66. The zero-order chi connectivity index (χ0) is 12.6. The van der Waals surface area contributed by atoms with Crippen molar-refractivity contribution in [3.63, 3.8) is 0 Å². The summed E-state index contributed by atoms with van der Waals surface area (Å²) in [6.07, 6.45) is 2.57. The Balaban J connectivity index is 0.00000180. The maximum absolute atomic E-state index is 2.29. The van der Waals surface area contributed by atoms with Crippen molar-refractivity contribution in [2.24, 2.45) is 0 Å². The molecule has 4 heteroatoms. The molecule has 0 aliphatic rings. The summed E-state index contributed by atoms with van der Waals surface area (Å²) < 4.78 is 0. The summed E-state index contributed by atoms with van der Waals surface area (Å²) in [6, 6.07) is 22.1. The van der Waals surface area contributed by atoms with Crippen LogP contribution in [0.25, 0.3) is 0 Å². The van der Waals surface area contributed by atoms with Gasteiger partial charge in [0.15, 0.2) is 0 Å². The molecule has 0 nitrogen and oxygen atoms in total. The normalized spacial score (nSPS) is 9.90. The molecule has 0 radical (unpaired) electrons. The maximum atomic E-state index is 2.29. The van der Waals surface area contributed by atoms with E-state index in [1.54, 1.807) is 0 Å². The number of unbranched alkanes of at least 4 members (excludes halogenated alkanes) is 1. The van der Waals surface area contributed by atoms with Crippen LogP contribution in [0.5, 0.6) is 0 Å². The molecule has 0 N–H and O–H groups in total. The molecule has 20 heavy (non-hydrogen) atoms. The van der Waals surface area contributed by atoms with Crippen LogP contribution in [-0.2, 0) is 17.5 Å². The molecule has 0 saturated heterocycles. The third-order valence-electron chi connectivity index (χ3n) is 2.57. The minimum Gasteiger partial charge on any atom is -1.00 e. The first-order valence-electron chi connectivity index (χ1n) is 6.34. The van der Waals surface area contributed by atoms with Crippen LogP contribution in [0.15, 0.2) is 60.7 Å². The van der Waals surface area contributed by atoms with Gasteiger partial charge in [0, 0.05) is 0 Å². The molecule has 0 aromatic heterocycles. The summed E-state index contributed by atoms with van der Waals surface area (Å²) in [5.41, 5.74) is 0. The van der Waals surface area contributed by atoms with Crippen molar-refractivity contribution in [1.29, 1.82) is 0 Å². The first-order valence-corrected chi connectivity index (χ1v) is 10.7. The van der Waals surface area contributed by atoms with E-state index in [1.807, 2.05) is 0 Å². The molecule has 0 aliphatic carbocycles. The van der Waals surface area contributed by atoms with Crippen molar-refractivity contribution in [2.45, 2.75) is 24.7 Å². The van der Waals surface area contributed by atoms with Crippen LogP contribution in [0.1, 0.15) is 19.8 Å². The van der Waals surface area contributed by atoms with Crippen molar-refractivity contribution >= 4 is 16.7 Å². The van der Waals surface area contributed by atoms with Gasteiger partial charge in [0.2, 0.25) is 0 Å². The Bertz CT molecular complexity index is 411. The number of rotatable bonds is 6. The van der Waals surface area contributed by atoms with Crippen molar-refractivity contribution < 1.29 is 42.3 Å². The molecule has 2 rings (SSSR count). The summed E-state index contributed by atoms with van der Waals surface area (Å²) >= 11 is 0.836. The molecule has 0 saturated carbocycles. The molecule has 2 aromatic carbocycles. The van der Waals surface area contributed by atoms with Gasteiger partial charge in [-0.3, -0.25) is 0 Å². The number of halogens is 2. The van der Waals surface area contributed by atoms with E-state index in [0.29, 0.717) is 0 Å². The zero-order valence-corrected chi connectivity index (χ0v) is 15.4. The van der Waals surface area contributed by atoms with Crippen LogP contribution in [0.4, 0.5) is 0 Å². The smallest absolute Gasteiger partial charge is 1.00 e. The van der Waals surface area contributed by atoms with Crippen molar-refractivity contribution in [3.05, 3.63) is 60.7 Å². The van der Waals surface area contributed by atoms with Crippen LogP contribution in [0.2, 0.25) is 4.89 Å². The molecule has 0 fully saturated rings. The molecular formula is C16H19Cl2PPd. The van der Waals surface area contributed by atoms with Gasteiger partial charge in [-0.2, -0.15) is 0 Å². The Morgan fingerprint density at radius 1 is 0.800 bits per heavy atom. The van der Waals surface area contributed by atoms with Crippen LogP contribution >= 0.6 is 6.11 Å². The SMILES string of the molecule is CCC[CH2][Pd+2][P](c1ccccc1)c1ccccc1.[Cl-].[Cl-]. The Hall–Kier alpha value is 0.112. The standard InChI is InChI=1S/C12H10P.C4H9.2ClH.Pd/c1-3-7-11(8-4-1)13-12-9-5-2-6-10-12;1-3-4-2;;;/h1-10H;1,3-4H2,2H3;2*1H;/q-1;;;;+3/p-2. The zero-order valence-electron chi connectivity index (χ0n) is 11.4. The van der Waals surface area contributed by atoms with Gasteiger partial charge in [-0.15, -0.1) is 0 Å². The van der Waals surface area contributed by atoms with E-state index in [2.05, 4.69) is 67.6 Å². The topological polar surface area (TPSA) is 0 Å². The van der Waals surface area contributed by atoms with Gasteiger partial charge in [-0.05, 0) is 0 Å². The molecule has 0 spiro atoms. The second-order valence-corrected chi connectivity index (χ2v) is 10.1. The van der Waals surface area contributed by atoms with Crippen molar-refractivity contribution in [3.8, 4) is 0 Å². The van der Waals surface area contributed by atoms with E-state index >= 15 is 0 Å².